The van der Waals surface area contributed by atoms with Crippen molar-refractivity contribution >= 4 is 35.2 Å². The monoisotopic (exact) mass is 368 g/mol. The molecule has 0 saturated carbocycles. The van der Waals surface area contributed by atoms with E-state index in [9.17, 15) is 9.59 Å². The topological polar surface area (TPSA) is 49.9 Å². The van der Waals surface area contributed by atoms with Gasteiger partial charge in [-0.3, -0.25) is 9.59 Å². The Kier molecular flexibility index (Phi) is 5.37. The molecule has 0 N–H and O–H groups in total. The number of carbonyl (C=O) groups excluding carboxylic acids is 2. The summed E-state index contributed by atoms with van der Waals surface area (Å²) in [5, 5.41) is 0.624. The lowest BCUT2D eigenvalue weighted by atomic mass is 10.0. The fourth-order valence-electron chi connectivity index (χ4n) is 3.34. The molecule has 0 bridgehead atoms. The standard InChI is InChI=1S/C17H21ClN2O3S/c1-23-11-10-20-15(21)12-24-17(20)6-8-19(9-7-17)16(22)13-2-4-14(18)5-3-13/h2-5H,6-12H2,1H3. The lowest BCUT2D eigenvalue weighted by molar-refractivity contribution is -0.131. The summed E-state index contributed by atoms with van der Waals surface area (Å²) in [5.41, 5.74) is 0.654. The first-order valence-electron chi connectivity index (χ1n) is 8.04. The summed E-state index contributed by atoms with van der Waals surface area (Å²) in [7, 11) is 1.65. The van der Waals surface area contributed by atoms with E-state index in [1.165, 1.54) is 0 Å². The van der Waals surface area contributed by atoms with Gasteiger partial charge in [-0.05, 0) is 37.1 Å². The van der Waals surface area contributed by atoms with Gasteiger partial charge in [0.05, 0.1) is 17.2 Å². The Morgan fingerprint density at radius 1 is 1.29 bits per heavy atom. The van der Waals surface area contributed by atoms with Crippen LogP contribution in [0.1, 0.15) is 23.2 Å². The molecular weight excluding hydrogens is 348 g/mol. The van der Waals surface area contributed by atoms with Gasteiger partial charge in [0.15, 0.2) is 0 Å². The van der Waals surface area contributed by atoms with Gasteiger partial charge in [0, 0.05) is 37.3 Å². The van der Waals surface area contributed by atoms with Gasteiger partial charge in [-0.1, -0.05) is 11.6 Å². The van der Waals surface area contributed by atoms with E-state index in [0.29, 0.717) is 42.6 Å². The SMILES string of the molecule is COCCN1C(=O)CSC12CCN(C(=O)c1ccc(Cl)cc1)CC2. The summed E-state index contributed by atoms with van der Waals surface area (Å²) < 4.78 is 5.13. The van der Waals surface area contributed by atoms with Gasteiger partial charge in [-0.25, -0.2) is 0 Å². The van der Waals surface area contributed by atoms with Crippen LogP contribution in [0.5, 0.6) is 0 Å². The van der Waals surface area contributed by atoms with Crippen LogP contribution < -0.4 is 0 Å². The third-order valence-electron chi connectivity index (χ3n) is 4.70. The second-order valence-electron chi connectivity index (χ2n) is 6.07. The summed E-state index contributed by atoms with van der Waals surface area (Å²) >= 11 is 7.59. The fourth-order valence-corrected chi connectivity index (χ4v) is 4.83. The number of nitrogens with zero attached hydrogens (tertiary/aromatic N) is 2. The average molecular weight is 369 g/mol. The molecule has 2 saturated heterocycles. The lowest BCUT2D eigenvalue weighted by Gasteiger charge is -2.44. The highest BCUT2D eigenvalue weighted by Crippen LogP contribution is 2.44. The molecule has 3 rings (SSSR count). The summed E-state index contributed by atoms with van der Waals surface area (Å²) in [6.45, 7) is 2.48. The number of halogens is 1. The number of thioether (sulfide) groups is 1. The first-order valence-corrected chi connectivity index (χ1v) is 9.40. The number of ether oxygens (including phenoxy) is 1. The van der Waals surface area contributed by atoms with Crippen LogP contribution >= 0.6 is 23.4 Å². The molecule has 0 atom stereocenters. The molecule has 2 aliphatic heterocycles. The zero-order valence-corrected chi connectivity index (χ0v) is 15.2. The minimum absolute atomic E-state index is 0.0271. The second kappa shape index (κ2) is 7.33. The summed E-state index contributed by atoms with van der Waals surface area (Å²) in [4.78, 5) is 28.4. The van der Waals surface area contributed by atoms with Crippen molar-refractivity contribution in [3.05, 3.63) is 34.9 Å². The molecule has 0 aromatic heterocycles. The number of methoxy groups -OCH3 is 1. The third kappa shape index (κ3) is 3.41. The fraction of sp³-hybridized carbons (Fsp3) is 0.529. The third-order valence-corrected chi connectivity index (χ3v) is 6.51. The van der Waals surface area contributed by atoms with E-state index in [1.807, 2.05) is 9.80 Å². The highest BCUT2D eigenvalue weighted by molar-refractivity contribution is 8.01. The summed E-state index contributed by atoms with van der Waals surface area (Å²) in [6, 6.07) is 6.98. The minimum atomic E-state index is -0.174. The van der Waals surface area contributed by atoms with Crippen molar-refractivity contribution in [2.45, 2.75) is 17.7 Å². The van der Waals surface area contributed by atoms with Crippen molar-refractivity contribution < 1.29 is 14.3 Å². The number of hydrogen-bond acceptors (Lipinski definition) is 4. The van der Waals surface area contributed by atoms with E-state index in [4.69, 9.17) is 16.3 Å². The number of likely N-dealkylation sites (tertiary alicyclic amines) is 1. The number of rotatable bonds is 4. The highest BCUT2D eigenvalue weighted by atomic mass is 35.5. The first-order chi connectivity index (χ1) is 11.6. The molecule has 2 amide bonds. The second-order valence-corrected chi connectivity index (χ2v) is 7.85. The lowest BCUT2D eigenvalue weighted by Crippen LogP contribution is -2.53. The molecule has 130 valence electrons. The van der Waals surface area contributed by atoms with Crippen molar-refractivity contribution in [2.24, 2.45) is 0 Å². The van der Waals surface area contributed by atoms with Crippen LogP contribution in [-0.2, 0) is 9.53 Å². The maximum absolute atomic E-state index is 12.6. The quantitative estimate of drug-likeness (QED) is 0.819. The van der Waals surface area contributed by atoms with E-state index < -0.39 is 0 Å². The van der Waals surface area contributed by atoms with Gasteiger partial charge >= 0.3 is 0 Å². The van der Waals surface area contributed by atoms with Gasteiger partial charge in [0.1, 0.15) is 0 Å². The van der Waals surface area contributed by atoms with Crippen LogP contribution in [0.2, 0.25) is 5.02 Å². The molecule has 1 spiro atoms. The predicted molar refractivity (Wildman–Crippen MR) is 95.4 cm³/mol. The van der Waals surface area contributed by atoms with E-state index in [1.54, 1.807) is 43.1 Å². The molecule has 2 heterocycles. The predicted octanol–water partition coefficient (Wildman–Crippen LogP) is 2.49. The number of amides is 2. The number of carbonyl (C=O) groups is 2. The van der Waals surface area contributed by atoms with Crippen LogP contribution in [-0.4, -0.2) is 65.6 Å². The van der Waals surface area contributed by atoms with Gasteiger partial charge in [-0.2, -0.15) is 0 Å². The number of hydrogen-bond donors (Lipinski definition) is 0. The van der Waals surface area contributed by atoms with E-state index in [2.05, 4.69) is 0 Å². The minimum Gasteiger partial charge on any atom is -0.383 e. The first kappa shape index (κ1) is 17.6. The number of benzene rings is 1. The molecule has 2 aliphatic rings. The van der Waals surface area contributed by atoms with Crippen molar-refractivity contribution in [3.8, 4) is 0 Å². The van der Waals surface area contributed by atoms with E-state index >= 15 is 0 Å². The van der Waals surface area contributed by atoms with Crippen molar-refractivity contribution in [3.63, 3.8) is 0 Å². The van der Waals surface area contributed by atoms with Crippen LogP contribution in [0.25, 0.3) is 0 Å². The van der Waals surface area contributed by atoms with Gasteiger partial charge < -0.3 is 14.5 Å². The Morgan fingerprint density at radius 3 is 2.58 bits per heavy atom. The Labute approximate surface area is 151 Å². The average Bonchev–Trinajstić information content (AvgIpc) is 2.89. The van der Waals surface area contributed by atoms with Crippen molar-refractivity contribution in [1.29, 1.82) is 0 Å². The molecule has 0 aliphatic carbocycles. The van der Waals surface area contributed by atoms with Crippen LogP contribution in [0.15, 0.2) is 24.3 Å². The molecule has 24 heavy (non-hydrogen) atoms. The zero-order chi connectivity index (χ0) is 17.2. The Bertz CT molecular complexity index is 615. The van der Waals surface area contributed by atoms with Crippen LogP contribution in [0.4, 0.5) is 0 Å². The highest BCUT2D eigenvalue weighted by Gasteiger charge is 2.48. The molecule has 2 fully saturated rings. The molecule has 0 unspecified atom stereocenters. The van der Waals surface area contributed by atoms with Crippen LogP contribution in [0.3, 0.4) is 0 Å². The smallest absolute Gasteiger partial charge is 0.253 e. The van der Waals surface area contributed by atoms with Gasteiger partial charge in [0.2, 0.25) is 5.91 Å². The van der Waals surface area contributed by atoms with Crippen LogP contribution in [0, 0.1) is 0 Å². The Hall–Kier alpha value is -1.24. The van der Waals surface area contributed by atoms with E-state index in [0.717, 1.165) is 12.8 Å². The maximum Gasteiger partial charge on any atom is 0.253 e. The Balaban J connectivity index is 1.65. The van der Waals surface area contributed by atoms with Gasteiger partial charge in [0.25, 0.3) is 5.91 Å². The summed E-state index contributed by atoms with van der Waals surface area (Å²) in [6.07, 6.45) is 1.60. The van der Waals surface area contributed by atoms with E-state index in [-0.39, 0.29) is 16.7 Å². The molecule has 0 radical (unpaired) electrons. The molecular formula is C17H21ClN2O3S. The van der Waals surface area contributed by atoms with Gasteiger partial charge in [-0.15, -0.1) is 11.8 Å². The molecule has 1 aromatic rings. The number of piperidine rings is 1. The zero-order valence-electron chi connectivity index (χ0n) is 13.7. The normalized spacial score (nSPS) is 20.0. The van der Waals surface area contributed by atoms with Crippen molar-refractivity contribution in [1.82, 2.24) is 9.80 Å². The maximum atomic E-state index is 12.6. The molecule has 5 nitrogen and oxygen atoms in total. The molecule has 7 heteroatoms. The molecule has 1 aromatic carbocycles. The largest absolute Gasteiger partial charge is 0.383 e. The van der Waals surface area contributed by atoms with Crippen molar-refractivity contribution in [2.75, 3.05) is 39.1 Å². The summed E-state index contributed by atoms with van der Waals surface area (Å²) in [5.74, 6) is 0.725. The Morgan fingerprint density at radius 2 is 1.96 bits per heavy atom.